The monoisotopic (exact) mass is 561 g/mol. The van der Waals surface area contributed by atoms with Crippen LogP contribution in [0.2, 0.25) is 5.02 Å². The molecule has 2 aliphatic heterocycles. The third-order valence-corrected chi connectivity index (χ3v) is 6.59. The topological polar surface area (TPSA) is 62.2 Å². The molecular formula is C25H22ClF6N3O3. The van der Waals surface area contributed by atoms with Crippen molar-refractivity contribution >= 4 is 29.1 Å². The van der Waals surface area contributed by atoms with Crippen LogP contribution in [0.4, 0.5) is 26.3 Å². The van der Waals surface area contributed by atoms with Gasteiger partial charge in [-0.1, -0.05) is 28.9 Å². The van der Waals surface area contributed by atoms with Gasteiger partial charge in [0.1, 0.15) is 6.54 Å². The molecule has 38 heavy (non-hydrogen) atoms. The quantitative estimate of drug-likeness (QED) is 0.427. The van der Waals surface area contributed by atoms with Crippen LogP contribution in [0.15, 0.2) is 41.6 Å². The van der Waals surface area contributed by atoms with Crippen molar-refractivity contribution in [2.75, 3.05) is 19.8 Å². The number of hydrogen-bond acceptors (Lipinski definition) is 4. The summed E-state index contributed by atoms with van der Waals surface area (Å²) in [5.74, 6) is -1.89. The molecule has 2 aliphatic rings. The highest BCUT2D eigenvalue weighted by molar-refractivity contribution is 6.30. The molecule has 0 N–H and O–H groups in total. The van der Waals surface area contributed by atoms with Crippen molar-refractivity contribution < 1.29 is 40.8 Å². The Hall–Kier alpha value is -3.28. The molecule has 1 saturated heterocycles. The Kier molecular flexibility index (Phi) is 7.15. The summed E-state index contributed by atoms with van der Waals surface area (Å²) in [4.78, 5) is 32.2. The van der Waals surface area contributed by atoms with E-state index in [0.717, 1.165) is 27.5 Å². The number of oxime groups is 1. The van der Waals surface area contributed by atoms with E-state index in [0.29, 0.717) is 10.6 Å². The van der Waals surface area contributed by atoms with Crippen LogP contribution in [0.25, 0.3) is 0 Å². The number of aryl methyl sites for hydroxylation is 1. The molecule has 204 valence electrons. The number of rotatable bonds is 5. The van der Waals surface area contributed by atoms with E-state index in [1.54, 1.807) is 19.1 Å². The first kappa shape index (κ1) is 27.7. The normalized spacial score (nSPS) is 20.1. The fourth-order valence-corrected chi connectivity index (χ4v) is 4.69. The molecule has 0 aliphatic carbocycles. The Labute approximate surface area is 218 Å². The highest BCUT2D eigenvalue weighted by atomic mass is 35.5. The van der Waals surface area contributed by atoms with Crippen molar-refractivity contribution in [3.63, 3.8) is 0 Å². The predicted octanol–water partition coefficient (Wildman–Crippen LogP) is 5.90. The van der Waals surface area contributed by atoms with Gasteiger partial charge < -0.3 is 14.6 Å². The van der Waals surface area contributed by atoms with Gasteiger partial charge >= 0.3 is 12.4 Å². The predicted molar refractivity (Wildman–Crippen MR) is 126 cm³/mol. The lowest BCUT2D eigenvalue weighted by Crippen LogP contribution is -2.34. The SMILES string of the molecule is Cc1cc(Cl)cc(C2(C)CC(c3ccc(C(=O)N4CC(=O)N(CCC(F)(F)F)C4)c(C(F)(F)F)c3)=NO2)c1. The van der Waals surface area contributed by atoms with Crippen molar-refractivity contribution in [1.29, 1.82) is 0 Å². The van der Waals surface area contributed by atoms with Gasteiger partial charge in [0.15, 0.2) is 5.60 Å². The Morgan fingerprint density at radius 3 is 2.47 bits per heavy atom. The van der Waals surface area contributed by atoms with E-state index in [2.05, 4.69) is 5.16 Å². The molecule has 2 heterocycles. The number of halogens is 7. The van der Waals surface area contributed by atoms with Crippen LogP contribution in [0.1, 0.15) is 52.4 Å². The van der Waals surface area contributed by atoms with Crippen LogP contribution in [-0.2, 0) is 21.4 Å². The highest BCUT2D eigenvalue weighted by Crippen LogP contribution is 2.39. The van der Waals surface area contributed by atoms with Gasteiger partial charge in [0.2, 0.25) is 5.91 Å². The van der Waals surface area contributed by atoms with E-state index in [4.69, 9.17) is 16.4 Å². The summed E-state index contributed by atoms with van der Waals surface area (Å²) in [6.07, 6.45) is -10.6. The summed E-state index contributed by atoms with van der Waals surface area (Å²) in [6.45, 7) is 1.72. The average molecular weight is 562 g/mol. The first-order valence-electron chi connectivity index (χ1n) is 11.4. The van der Waals surface area contributed by atoms with E-state index in [9.17, 15) is 35.9 Å². The first-order valence-corrected chi connectivity index (χ1v) is 11.8. The molecule has 13 heteroatoms. The minimum absolute atomic E-state index is 0.0839. The number of carbonyl (C=O) groups is 2. The van der Waals surface area contributed by atoms with Gasteiger partial charge in [-0.3, -0.25) is 9.59 Å². The zero-order valence-electron chi connectivity index (χ0n) is 20.2. The molecule has 2 aromatic rings. The molecular weight excluding hydrogens is 540 g/mol. The molecule has 2 amide bonds. The summed E-state index contributed by atoms with van der Waals surface area (Å²) in [6, 6.07) is 8.32. The Balaban J connectivity index is 1.57. The van der Waals surface area contributed by atoms with E-state index in [1.807, 2.05) is 13.0 Å². The lowest BCUT2D eigenvalue weighted by molar-refractivity contribution is -0.143. The molecule has 1 unspecified atom stereocenters. The van der Waals surface area contributed by atoms with Crippen molar-refractivity contribution in [3.8, 4) is 0 Å². The smallest absolute Gasteiger partial charge is 0.384 e. The first-order chi connectivity index (χ1) is 17.6. The lowest BCUT2D eigenvalue weighted by Gasteiger charge is -2.23. The molecule has 0 bridgehead atoms. The van der Waals surface area contributed by atoms with Gasteiger partial charge in [-0.15, -0.1) is 0 Å². The molecule has 0 radical (unpaired) electrons. The van der Waals surface area contributed by atoms with Gasteiger partial charge in [-0.2, -0.15) is 26.3 Å². The van der Waals surface area contributed by atoms with Crippen LogP contribution < -0.4 is 0 Å². The molecule has 2 aromatic carbocycles. The maximum atomic E-state index is 14.0. The van der Waals surface area contributed by atoms with Crippen molar-refractivity contribution in [2.24, 2.45) is 5.16 Å². The minimum Gasteiger partial charge on any atom is -0.384 e. The Bertz CT molecular complexity index is 1290. The zero-order chi connectivity index (χ0) is 28.0. The highest BCUT2D eigenvalue weighted by Gasteiger charge is 2.42. The van der Waals surface area contributed by atoms with Crippen LogP contribution in [0.3, 0.4) is 0 Å². The van der Waals surface area contributed by atoms with Gasteiger partial charge in [0.25, 0.3) is 5.91 Å². The number of hydrogen-bond donors (Lipinski definition) is 0. The van der Waals surface area contributed by atoms with Gasteiger partial charge in [0.05, 0.1) is 29.9 Å². The van der Waals surface area contributed by atoms with Crippen LogP contribution in [0, 0.1) is 6.92 Å². The second kappa shape index (κ2) is 9.79. The molecule has 0 saturated carbocycles. The molecule has 1 fully saturated rings. The summed E-state index contributed by atoms with van der Waals surface area (Å²) in [5.41, 5.74) is -1.09. The maximum Gasteiger partial charge on any atom is 0.417 e. The average Bonchev–Trinajstić information content (AvgIpc) is 3.39. The fraction of sp³-hybridized carbons (Fsp3) is 0.400. The van der Waals surface area contributed by atoms with E-state index >= 15 is 0 Å². The third kappa shape index (κ3) is 5.90. The molecule has 4 rings (SSSR count). The van der Waals surface area contributed by atoms with Gasteiger partial charge in [0, 0.05) is 23.6 Å². The fourth-order valence-electron chi connectivity index (χ4n) is 4.40. The van der Waals surface area contributed by atoms with E-state index < -0.39 is 67.1 Å². The standard InChI is InChI=1S/C25H22ClF6N3O3/c1-14-7-16(10-17(26)8-14)23(2)11-20(33-38-23)15-3-4-18(19(9-15)25(30,31)32)22(37)35-12-21(36)34(13-35)6-5-24(27,28)29/h3-4,7-10H,5-6,11-13H2,1-2H3. The van der Waals surface area contributed by atoms with Crippen LogP contribution in [0.5, 0.6) is 0 Å². The number of nitrogens with zero attached hydrogens (tertiary/aromatic N) is 3. The molecule has 0 spiro atoms. The summed E-state index contributed by atoms with van der Waals surface area (Å²) in [5, 5.41) is 4.47. The summed E-state index contributed by atoms with van der Waals surface area (Å²) >= 11 is 6.14. The Morgan fingerprint density at radius 2 is 1.84 bits per heavy atom. The number of carbonyl (C=O) groups excluding carboxylic acids is 2. The van der Waals surface area contributed by atoms with Crippen molar-refractivity contribution in [3.05, 3.63) is 69.2 Å². The molecule has 0 aromatic heterocycles. The number of benzene rings is 2. The zero-order valence-corrected chi connectivity index (χ0v) is 21.0. The second-order valence-corrected chi connectivity index (χ2v) is 9.92. The lowest BCUT2D eigenvalue weighted by atomic mass is 9.87. The minimum atomic E-state index is -4.94. The van der Waals surface area contributed by atoms with Crippen molar-refractivity contribution in [1.82, 2.24) is 9.80 Å². The Morgan fingerprint density at radius 1 is 1.13 bits per heavy atom. The van der Waals surface area contributed by atoms with E-state index in [1.165, 1.54) is 6.07 Å². The van der Waals surface area contributed by atoms with E-state index in [-0.39, 0.29) is 17.7 Å². The van der Waals surface area contributed by atoms with Crippen LogP contribution in [-0.4, -0.2) is 53.3 Å². The van der Waals surface area contributed by atoms with Gasteiger partial charge in [-0.05, 0) is 49.2 Å². The second-order valence-electron chi connectivity index (χ2n) is 9.48. The van der Waals surface area contributed by atoms with Crippen molar-refractivity contribution in [2.45, 2.75) is 44.6 Å². The summed E-state index contributed by atoms with van der Waals surface area (Å²) < 4.78 is 79.6. The molecule has 1 atom stereocenters. The molecule has 6 nitrogen and oxygen atoms in total. The third-order valence-electron chi connectivity index (χ3n) is 6.38. The number of alkyl halides is 6. The van der Waals surface area contributed by atoms with Crippen LogP contribution >= 0.6 is 11.6 Å². The largest absolute Gasteiger partial charge is 0.417 e. The number of amides is 2. The maximum absolute atomic E-state index is 14.0. The summed E-state index contributed by atoms with van der Waals surface area (Å²) in [7, 11) is 0. The van der Waals surface area contributed by atoms with Gasteiger partial charge in [-0.25, -0.2) is 0 Å².